The van der Waals surface area contributed by atoms with Crippen LogP contribution in [0.3, 0.4) is 0 Å². The summed E-state index contributed by atoms with van der Waals surface area (Å²) in [4.78, 5) is 2.31. The highest BCUT2D eigenvalue weighted by atomic mass is 79.9. The molecule has 0 unspecified atom stereocenters. The van der Waals surface area contributed by atoms with E-state index in [1.54, 1.807) is 12.1 Å². The van der Waals surface area contributed by atoms with E-state index in [1.165, 1.54) is 0 Å². The molecule has 1 saturated heterocycles. The van der Waals surface area contributed by atoms with Crippen molar-refractivity contribution < 1.29 is 8.83 Å². The molecule has 0 aromatic carbocycles. The third kappa shape index (κ3) is 3.23. The first-order valence-corrected chi connectivity index (χ1v) is 7.12. The van der Waals surface area contributed by atoms with Crippen LogP contribution in [0.15, 0.2) is 25.6 Å². The van der Waals surface area contributed by atoms with Gasteiger partial charge in [-0.3, -0.25) is 4.90 Å². The number of hydrogen-bond donors (Lipinski definition) is 1. The molecule has 0 saturated carbocycles. The van der Waals surface area contributed by atoms with E-state index in [-0.39, 0.29) is 0 Å². The van der Waals surface area contributed by atoms with E-state index in [2.05, 4.69) is 36.3 Å². The maximum absolute atomic E-state index is 5.63. The number of furan rings is 1. The Labute approximate surface area is 119 Å². The van der Waals surface area contributed by atoms with Crippen LogP contribution in [0.5, 0.6) is 0 Å². The van der Waals surface area contributed by atoms with Crippen molar-refractivity contribution in [3.8, 4) is 11.7 Å². The lowest BCUT2D eigenvalue weighted by Crippen LogP contribution is -2.27. The minimum Gasteiger partial charge on any atom is -0.444 e. The summed E-state index contributed by atoms with van der Waals surface area (Å²) in [6, 6.07) is 3.61. The second kappa shape index (κ2) is 5.85. The van der Waals surface area contributed by atoms with Gasteiger partial charge in [-0.25, -0.2) is 0 Å². The van der Waals surface area contributed by atoms with Gasteiger partial charge in [0.2, 0.25) is 5.89 Å². The van der Waals surface area contributed by atoms with E-state index in [0.29, 0.717) is 28.8 Å². The lowest BCUT2D eigenvalue weighted by atomic mass is 10.4. The van der Waals surface area contributed by atoms with Gasteiger partial charge >= 0.3 is 0 Å². The van der Waals surface area contributed by atoms with Crippen LogP contribution in [0.1, 0.15) is 12.3 Å². The van der Waals surface area contributed by atoms with Crippen molar-refractivity contribution >= 4 is 15.9 Å². The summed E-state index contributed by atoms with van der Waals surface area (Å²) in [6.45, 7) is 4.83. The summed E-state index contributed by atoms with van der Waals surface area (Å²) in [5.41, 5.74) is 0. The van der Waals surface area contributed by atoms with Crippen LogP contribution in [-0.2, 0) is 6.54 Å². The van der Waals surface area contributed by atoms with Gasteiger partial charge in [0.05, 0.1) is 6.54 Å². The van der Waals surface area contributed by atoms with Crippen LogP contribution >= 0.6 is 15.9 Å². The molecule has 2 aromatic rings. The Bertz CT molecular complexity index is 531. The minimum atomic E-state index is 0.425. The molecule has 6 nitrogen and oxygen atoms in total. The van der Waals surface area contributed by atoms with E-state index in [0.717, 1.165) is 32.6 Å². The van der Waals surface area contributed by atoms with Gasteiger partial charge < -0.3 is 14.2 Å². The molecule has 1 N–H and O–H groups in total. The largest absolute Gasteiger partial charge is 0.444 e. The molecule has 19 heavy (non-hydrogen) atoms. The fraction of sp³-hybridized carbons (Fsp3) is 0.500. The summed E-state index contributed by atoms with van der Waals surface area (Å²) in [6.07, 6.45) is 1.14. The number of aromatic nitrogens is 2. The summed E-state index contributed by atoms with van der Waals surface area (Å²) < 4.78 is 11.7. The van der Waals surface area contributed by atoms with E-state index < -0.39 is 0 Å². The zero-order valence-corrected chi connectivity index (χ0v) is 12.0. The number of hydrogen-bond acceptors (Lipinski definition) is 6. The van der Waals surface area contributed by atoms with Crippen molar-refractivity contribution in [1.29, 1.82) is 0 Å². The van der Waals surface area contributed by atoms with Gasteiger partial charge in [-0.2, -0.15) is 0 Å². The van der Waals surface area contributed by atoms with Gasteiger partial charge in [-0.05, 0) is 47.6 Å². The second-order valence-electron chi connectivity index (χ2n) is 4.48. The quantitative estimate of drug-likeness (QED) is 0.929. The van der Waals surface area contributed by atoms with Gasteiger partial charge in [0.15, 0.2) is 10.4 Å². The molecule has 0 bridgehead atoms. The SMILES string of the molecule is Brc1ccc(-c2nnc(CN3CCCNCC3)o2)o1. The first-order chi connectivity index (χ1) is 9.31. The molecule has 0 aliphatic carbocycles. The summed E-state index contributed by atoms with van der Waals surface area (Å²) in [5, 5.41) is 11.5. The van der Waals surface area contributed by atoms with Gasteiger partial charge in [-0.15, -0.1) is 10.2 Å². The standard InChI is InChI=1S/C12H15BrN4O2/c13-10-3-2-9(18-10)12-16-15-11(19-12)8-17-6-1-4-14-5-7-17/h2-3,14H,1,4-8H2. The first-order valence-electron chi connectivity index (χ1n) is 6.32. The lowest BCUT2D eigenvalue weighted by Gasteiger charge is -2.16. The van der Waals surface area contributed by atoms with Crippen molar-refractivity contribution in [1.82, 2.24) is 20.4 Å². The van der Waals surface area contributed by atoms with Crippen molar-refractivity contribution in [3.05, 3.63) is 22.7 Å². The summed E-state index contributed by atoms with van der Waals surface area (Å²) in [7, 11) is 0. The highest BCUT2D eigenvalue weighted by Gasteiger charge is 2.15. The highest BCUT2D eigenvalue weighted by Crippen LogP contribution is 2.24. The van der Waals surface area contributed by atoms with Crippen molar-refractivity contribution in [2.75, 3.05) is 26.2 Å². The molecular formula is C12H15BrN4O2. The Morgan fingerprint density at radius 1 is 1.21 bits per heavy atom. The zero-order valence-electron chi connectivity index (χ0n) is 10.4. The zero-order chi connectivity index (χ0) is 13.1. The van der Waals surface area contributed by atoms with Crippen LogP contribution in [0.4, 0.5) is 0 Å². The Kier molecular flexibility index (Phi) is 3.95. The number of nitrogens with one attached hydrogen (secondary N) is 1. The molecule has 7 heteroatoms. The molecule has 2 aromatic heterocycles. The molecule has 1 fully saturated rings. The molecule has 1 aliphatic rings. The van der Waals surface area contributed by atoms with E-state index in [4.69, 9.17) is 8.83 Å². The smallest absolute Gasteiger partial charge is 0.283 e. The molecule has 3 heterocycles. The monoisotopic (exact) mass is 326 g/mol. The third-order valence-corrected chi connectivity index (χ3v) is 3.47. The highest BCUT2D eigenvalue weighted by molar-refractivity contribution is 9.10. The fourth-order valence-electron chi connectivity index (χ4n) is 2.10. The number of nitrogens with zero attached hydrogens (tertiary/aromatic N) is 3. The third-order valence-electron chi connectivity index (χ3n) is 3.04. The summed E-state index contributed by atoms with van der Waals surface area (Å²) in [5.74, 6) is 1.64. The van der Waals surface area contributed by atoms with Crippen molar-refractivity contribution in [2.45, 2.75) is 13.0 Å². The van der Waals surface area contributed by atoms with E-state index in [9.17, 15) is 0 Å². The first kappa shape index (κ1) is 12.8. The average molecular weight is 327 g/mol. The maximum Gasteiger partial charge on any atom is 0.283 e. The molecule has 0 radical (unpaired) electrons. The molecule has 0 spiro atoms. The van der Waals surface area contributed by atoms with Crippen LogP contribution in [0.25, 0.3) is 11.7 Å². The molecule has 0 atom stereocenters. The Morgan fingerprint density at radius 2 is 2.16 bits per heavy atom. The normalized spacial score (nSPS) is 17.5. The fourth-order valence-corrected chi connectivity index (χ4v) is 2.40. The minimum absolute atomic E-state index is 0.425. The van der Waals surface area contributed by atoms with Gasteiger partial charge in [0.25, 0.3) is 5.89 Å². The van der Waals surface area contributed by atoms with Crippen LogP contribution < -0.4 is 5.32 Å². The molecule has 102 valence electrons. The predicted octanol–water partition coefficient (Wildman–Crippen LogP) is 1.89. The summed E-state index contributed by atoms with van der Waals surface area (Å²) >= 11 is 3.25. The van der Waals surface area contributed by atoms with Gasteiger partial charge in [0.1, 0.15) is 0 Å². The van der Waals surface area contributed by atoms with Crippen LogP contribution in [-0.4, -0.2) is 41.3 Å². The average Bonchev–Trinajstić information content (AvgIpc) is 2.94. The molecule has 3 rings (SSSR count). The van der Waals surface area contributed by atoms with Crippen molar-refractivity contribution in [2.24, 2.45) is 0 Å². The van der Waals surface area contributed by atoms with Crippen molar-refractivity contribution in [3.63, 3.8) is 0 Å². The molecule has 0 amide bonds. The Balaban J connectivity index is 1.67. The second-order valence-corrected chi connectivity index (χ2v) is 5.27. The van der Waals surface area contributed by atoms with Gasteiger partial charge in [-0.1, -0.05) is 0 Å². The lowest BCUT2D eigenvalue weighted by molar-refractivity contribution is 0.254. The Morgan fingerprint density at radius 3 is 3.00 bits per heavy atom. The van der Waals surface area contributed by atoms with Crippen LogP contribution in [0.2, 0.25) is 0 Å². The number of rotatable bonds is 3. The Hall–Kier alpha value is -1.18. The van der Waals surface area contributed by atoms with E-state index >= 15 is 0 Å². The van der Waals surface area contributed by atoms with Crippen LogP contribution in [0, 0.1) is 0 Å². The van der Waals surface area contributed by atoms with Gasteiger partial charge in [0, 0.05) is 13.1 Å². The predicted molar refractivity (Wildman–Crippen MR) is 72.5 cm³/mol. The molecular weight excluding hydrogens is 312 g/mol. The molecule has 1 aliphatic heterocycles. The number of halogens is 1. The van der Waals surface area contributed by atoms with E-state index in [1.807, 2.05) is 0 Å². The maximum atomic E-state index is 5.63. The topological polar surface area (TPSA) is 67.3 Å².